The molecule has 0 aromatic heterocycles. The lowest BCUT2D eigenvalue weighted by Crippen LogP contribution is -2.50. The van der Waals surface area contributed by atoms with Gasteiger partial charge in [-0.2, -0.15) is 13.2 Å². The molecule has 1 fully saturated rings. The summed E-state index contributed by atoms with van der Waals surface area (Å²) in [5, 5.41) is 7.59. The average molecular weight is 474 g/mol. The average Bonchev–Trinajstić information content (AvgIpc) is 3.15. The number of nitrogens with one attached hydrogen (secondary N) is 3. The van der Waals surface area contributed by atoms with Crippen LogP contribution in [0.5, 0.6) is 0 Å². The number of unbranched alkanes of at least 4 members (excludes halogenated alkanes) is 2. The van der Waals surface area contributed by atoms with Gasteiger partial charge in [-0.15, -0.1) is 0 Å². The number of hydrogen-bond acceptors (Lipinski definition) is 5. The first kappa shape index (κ1) is 25.7. The fourth-order valence-electron chi connectivity index (χ4n) is 3.20. The van der Waals surface area contributed by atoms with Crippen LogP contribution in [0.15, 0.2) is 24.3 Å². The summed E-state index contributed by atoms with van der Waals surface area (Å²) >= 11 is 1.21. The molecule has 0 aliphatic carbocycles. The maximum atomic E-state index is 12.9. The first-order valence-corrected chi connectivity index (χ1v) is 11.3. The number of carbonyl (C=O) groups is 4. The summed E-state index contributed by atoms with van der Waals surface area (Å²) in [7, 11) is 0. The number of benzene rings is 1. The lowest BCUT2D eigenvalue weighted by molar-refractivity contribution is -0.137. The Kier molecular flexibility index (Phi) is 9.55. The van der Waals surface area contributed by atoms with Gasteiger partial charge in [-0.05, 0) is 37.5 Å². The Hall–Kier alpha value is -2.56. The Morgan fingerprint density at radius 1 is 1.22 bits per heavy atom. The van der Waals surface area contributed by atoms with Crippen molar-refractivity contribution in [1.82, 2.24) is 10.6 Å². The highest BCUT2D eigenvalue weighted by Gasteiger charge is 2.32. The van der Waals surface area contributed by atoms with E-state index in [1.807, 2.05) is 0 Å². The topological polar surface area (TPSA) is 104 Å². The van der Waals surface area contributed by atoms with Gasteiger partial charge in [0.1, 0.15) is 12.1 Å². The van der Waals surface area contributed by atoms with Crippen LogP contribution in [-0.4, -0.2) is 40.7 Å². The highest BCUT2D eigenvalue weighted by molar-refractivity contribution is 8.13. The molecule has 1 aliphatic heterocycles. The van der Waals surface area contributed by atoms with Crippen molar-refractivity contribution in [3.8, 4) is 0 Å². The molecule has 2 atom stereocenters. The second kappa shape index (κ2) is 11.9. The molecular weight excluding hydrogens is 447 g/mol. The summed E-state index contributed by atoms with van der Waals surface area (Å²) in [5.41, 5.74) is -0.927. The number of alkyl halides is 3. The molecule has 1 aliphatic rings. The van der Waals surface area contributed by atoms with E-state index in [9.17, 15) is 32.3 Å². The minimum absolute atomic E-state index is 0.0224. The van der Waals surface area contributed by atoms with Gasteiger partial charge in [-0.25, -0.2) is 0 Å². The van der Waals surface area contributed by atoms with Gasteiger partial charge in [0.2, 0.25) is 17.7 Å². The van der Waals surface area contributed by atoms with Gasteiger partial charge in [0.05, 0.1) is 5.56 Å². The van der Waals surface area contributed by atoms with Crippen molar-refractivity contribution in [1.29, 1.82) is 0 Å². The third-order valence-corrected chi connectivity index (χ3v) is 5.74. The number of carbonyl (C=O) groups excluding carboxylic acids is 4. The molecule has 1 saturated heterocycles. The van der Waals surface area contributed by atoms with E-state index in [-0.39, 0.29) is 29.6 Å². The SMILES string of the molecule is CC(=O)SCCCCC[C@H](NC(=O)[C@H]1CCC(=O)N1)C(=O)Nc1cccc(C(F)(F)F)c1. The molecule has 0 bridgehead atoms. The molecule has 1 aromatic rings. The van der Waals surface area contributed by atoms with Crippen LogP contribution in [0.1, 0.15) is 51.0 Å². The van der Waals surface area contributed by atoms with Gasteiger partial charge in [-0.3, -0.25) is 19.2 Å². The third-order valence-electron chi connectivity index (χ3n) is 4.84. The van der Waals surface area contributed by atoms with Crippen molar-refractivity contribution in [3.05, 3.63) is 29.8 Å². The first-order chi connectivity index (χ1) is 15.1. The van der Waals surface area contributed by atoms with E-state index in [0.29, 0.717) is 25.0 Å². The molecule has 2 rings (SSSR count). The maximum absolute atomic E-state index is 12.9. The number of hydrogen-bond donors (Lipinski definition) is 3. The first-order valence-electron chi connectivity index (χ1n) is 10.3. The molecule has 32 heavy (non-hydrogen) atoms. The molecule has 3 N–H and O–H groups in total. The van der Waals surface area contributed by atoms with E-state index in [4.69, 9.17) is 0 Å². The molecule has 0 radical (unpaired) electrons. The van der Waals surface area contributed by atoms with E-state index >= 15 is 0 Å². The molecule has 11 heteroatoms. The maximum Gasteiger partial charge on any atom is 0.416 e. The van der Waals surface area contributed by atoms with Gasteiger partial charge in [0, 0.05) is 24.8 Å². The monoisotopic (exact) mass is 473 g/mol. The second-order valence-corrected chi connectivity index (χ2v) is 8.75. The number of thioether (sulfide) groups is 1. The van der Waals surface area contributed by atoms with Crippen LogP contribution in [0.2, 0.25) is 0 Å². The molecule has 0 unspecified atom stereocenters. The smallest absolute Gasteiger partial charge is 0.344 e. The van der Waals surface area contributed by atoms with Gasteiger partial charge < -0.3 is 16.0 Å². The van der Waals surface area contributed by atoms with Crippen LogP contribution >= 0.6 is 11.8 Å². The molecule has 7 nitrogen and oxygen atoms in total. The van der Waals surface area contributed by atoms with E-state index in [0.717, 1.165) is 18.6 Å². The highest BCUT2D eigenvalue weighted by atomic mass is 32.2. The summed E-state index contributed by atoms with van der Waals surface area (Å²) in [6.45, 7) is 1.48. The molecule has 0 spiro atoms. The zero-order chi connectivity index (χ0) is 23.7. The predicted octanol–water partition coefficient (Wildman–Crippen LogP) is 3.25. The highest BCUT2D eigenvalue weighted by Crippen LogP contribution is 2.30. The van der Waals surface area contributed by atoms with Crippen LogP contribution in [0.25, 0.3) is 0 Å². The third kappa shape index (κ3) is 8.52. The van der Waals surface area contributed by atoms with Crippen LogP contribution in [-0.2, 0) is 25.4 Å². The van der Waals surface area contributed by atoms with Crippen LogP contribution < -0.4 is 16.0 Å². The molecular formula is C21H26F3N3O4S. The minimum atomic E-state index is -4.55. The van der Waals surface area contributed by atoms with Crippen molar-refractivity contribution < 1.29 is 32.3 Å². The molecule has 176 valence electrons. The zero-order valence-corrected chi connectivity index (χ0v) is 18.4. The lowest BCUT2D eigenvalue weighted by atomic mass is 10.1. The van der Waals surface area contributed by atoms with E-state index in [1.165, 1.54) is 30.8 Å². The number of anilines is 1. The Balaban J connectivity index is 2.00. The zero-order valence-electron chi connectivity index (χ0n) is 17.6. The summed E-state index contributed by atoms with van der Waals surface area (Å²) in [4.78, 5) is 47.5. The second-order valence-electron chi connectivity index (χ2n) is 7.48. The van der Waals surface area contributed by atoms with E-state index < -0.39 is 35.6 Å². The number of halogens is 3. The van der Waals surface area contributed by atoms with Crippen LogP contribution in [0.3, 0.4) is 0 Å². The standard InChI is InChI=1S/C21H26F3N3O4S/c1-13(28)32-11-4-2-3-8-16(27-20(31)17-9-10-18(29)26-17)19(30)25-15-7-5-6-14(12-15)21(22,23)24/h5-7,12,16-17H,2-4,8-11H2,1H3,(H,25,30)(H,26,29)(H,27,31)/t16-,17+/m0/s1. The Bertz CT molecular complexity index is 848. The number of amides is 3. The predicted molar refractivity (Wildman–Crippen MR) is 115 cm³/mol. The van der Waals surface area contributed by atoms with Gasteiger partial charge in [0.15, 0.2) is 5.12 Å². The van der Waals surface area contributed by atoms with Crippen molar-refractivity contribution in [2.24, 2.45) is 0 Å². The van der Waals surface area contributed by atoms with Crippen LogP contribution in [0, 0.1) is 0 Å². The Morgan fingerprint density at radius 3 is 2.59 bits per heavy atom. The normalized spacial score (nSPS) is 16.9. The largest absolute Gasteiger partial charge is 0.416 e. The van der Waals surface area contributed by atoms with Gasteiger partial charge in [-0.1, -0.05) is 30.7 Å². The fourth-order valence-corrected chi connectivity index (χ4v) is 3.83. The van der Waals surface area contributed by atoms with E-state index in [1.54, 1.807) is 0 Å². The summed E-state index contributed by atoms with van der Waals surface area (Å²) < 4.78 is 38.8. The quantitative estimate of drug-likeness (QED) is 0.453. The Morgan fingerprint density at radius 2 is 1.97 bits per heavy atom. The molecule has 1 heterocycles. The minimum Gasteiger partial charge on any atom is -0.344 e. The summed E-state index contributed by atoms with van der Waals surface area (Å²) in [6, 6.07) is 2.53. The van der Waals surface area contributed by atoms with Crippen LogP contribution in [0.4, 0.5) is 18.9 Å². The number of rotatable bonds is 10. The van der Waals surface area contributed by atoms with Crippen molar-refractivity contribution in [2.75, 3.05) is 11.1 Å². The lowest BCUT2D eigenvalue weighted by Gasteiger charge is -2.21. The van der Waals surface area contributed by atoms with Crippen molar-refractivity contribution in [3.63, 3.8) is 0 Å². The summed E-state index contributed by atoms with van der Waals surface area (Å²) in [5.74, 6) is -0.748. The van der Waals surface area contributed by atoms with Gasteiger partial charge in [0.25, 0.3) is 0 Å². The van der Waals surface area contributed by atoms with E-state index in [2.05, 4.69) is 16.0 Å². The van der Waals surface area contributed by atoms with Gasteiger partial charge >= 0.3 is 6.18 Å². The molecule has 3 amide bonds. The van der Waals surface area contributed by atoms with Crippen molar-refractivity contribution in [2.45, 2.75) is 63.7 Å². The Labute approximate surface area is 188 Å². The molecule has 0 saturated carbocycles. The summed E-state index contributed by atoms with van der Waals surface area (Å²) in [6.07, 6.45) is -1.73. The van der Waals surface area contributed by atoms with Crippen molar-refractivity contribution >= 4 is 40.3 Å². The molecule has 1 aromatic carbocycles. The fraction of sp³-hybridized carbons (Fsp3) is 0.524.